The van der Waals surface area contributed by atoms with E-state index in [0.717, 1.165) is 12.8 Å². The first-order valence-corrected chi connectivity index (χ1v) is 4.16. The van der Waals surface area contributed by atoms with Crippen LogP contribution < -0.4 is 11.1 Å². The lowest BCUT2D eigenvalue weighted by atomic mass is 10.2. The van der Waals surface area contributed by atoms with Gasteiger partial charge in [0.1, 0.15) is 0 Å². The Morgan fingerprint density at radius 1 is 1.77 bits per heavy atom. The fraction of sp³-hybridized carbons (Fsp3) is 0.500. The van der Waals surface area contributed by atoms with E-state index in [2.05, 4.69) is 33.3 Å². The summed E-state index contributed by atoms with van der Waals surface area (Å²) < 4.78 is 0. The largest absolute Gasteiger partial charge is 0.368 e. The van der Waals surface area contributed by atoms with E-state index in [9.17, 15) is 0 Å². The van der Waals surface area contributed by atoms with Gasteiger partial charge in [0.2, 0.25) is 11.9 Å². The van der Waals surface area contributed by atoms with Crippen molar-refractivity contribution in [2.24, 2.45) is 0 Å². The molecule has 5 heteroatoms. The minimum absolute atomic E-state index is 0.0276. The molecule has 0 amide bonds. The maximum Gasteiger partial charge on any atom is 0.244 e. The lowest BCUT2D eigenvalue weighted by Crippen LogP contribution is -2.17. The molecule has 13 heavy (non-hydrogen) atoms. The van der Waals surface area contributed by atoms with Crippen molar-refractivity contribution in [2.75, 3.05) is 11.1 Å². The van der Waals surface area contributed by atoms with Crippen molar-refractivity contribution in [2.45, 2.75) is 25.8 Å². The number of anilines is 2. The minimum Gasteiger partial charge on any atom is -0.368 e. The van der Waals surface area contributed by atoms with Gasteiger partial charge >= 0.3 is 0 Å². The molecule has 70 valence electrons. The van der Waals surface area contributed by atoms with Crippen LogP contribution in [0.4, 0.5) is 11.9 Å². The van der Waals surface area contributed by atoms with Crippen molar-refractivity contribution in [3.8, 4) is 12.3 Å². The number of H-pyrrole nitrogens is 1. The van der Waals surface area contributed by atoms with Crippen LogP contribution in [0.25, 0.3) is 0 Å². The summed E-state index contributed by atoms with van der Waals surface area (Å²) in [5.41, 5.74) is 5.35. The molecule has 0 spiro atoms. The summed E-state index contributed by atoms with van der Waals surface area (Å²) in [4.78, 5) is 3.89. The highest BCUT2D eigenvalue weighted by Crippen LogP contribution is 2.04. The molecule has 0 aromatic carbocycles. The Morgan fingerprint density at radius 3 is 3.00 bits per heavy atom. The summed E-state index contributed by atoms with van der Waals surface area (Å²) in [6, 6.07) is -0.0276. The van der Waals surface area contributed by atoms with E-state index in [4.69, 9.17) is 12.2 Å². The topological polar surface area (TPSA) is 79.6 Å². The van der Waals surface area contributed by atoms with Gasteiger partial charge in [-0.05, 0) is 6.42 Å². The monoisotopic (exact) mass is 179 g/mol. The second kappa shape index (κ2) is 4.36. The molecular weight excluding hydrogens is 166 g/mol. The molecule has 5 nitrogen and oxygen atoms in total. The van der Waals surface area contributed by atoms with E-state index >= 15 is 0 Å². The Hall–Kier alpha value is -1.70. The number of nitrogen functional groups attached to an aromatic ring is 1. The summed E-state index contributed by atoms with van der Waals surface area (Å²) in [5, 5.41) is 9.32. The molecule has 0 saturated carbocycles. The third-order valence-corrected chi connectivity index (χ3v) is 1.58. The molecule has 0 bridgehead atoms. The molecule has 1 aromatic heterocycles. The number of hydrogen-bond donors (Lipinski definition) is 3. The van der Waals surface area contributed by atoms with Crippen molar-refractivity contribution in [1.29, 1.82) is 0 Å². The molecule has 0 aliphatic rings. The molecule has 1 unspecified atom stereocenters. The number of terminal acetylenes is 1. The normalized spacial score (nSPS) is 12.0. The van der Waals surface area contributed by atoms with Crippen molar-refractivity contribution in [3.05, 3.63) is 0 Å². The molecule has 1 aromatic rings. The molecule has 4 N–H and O–H groups in total. The SMILES string of the molecule is C#CC(CCC)Nc1n[nH]c(N)n1. The van der Waals surface area contributed by atoms with E-state index in [1.807, 2.05) is 0 Å². The predicted molar refractivity (Wildman–Crippen MR) is 51.9 cm³/mol. The summed E-state index contributed by atoms with van der Waals surface area (Å²) in [5.74, 6) is 3.35. The molecule has 1 atom stereocenters. The zero-order valence-electron chi connectivity index (χ0n) is 7.54. The lowest BCUT2D eigenvalue weighted by Gasteiger charge is -2.08. The third kappa shape index (κ3) is 2.67. The van der Waals surface area contributed by atoms with Gasteiger partial charge in [-0.2, -0.15) is 4.98 Å². The van der Waals surface area contributed by atoms with Gasteiger partial charge in [0.25, 0.3) is 0 Å². The van der Waals surface area contributed by atoms with Crippen molar-refractivity contribution >= 4 is 11.9 Å². The predicted octanol–water partition coefficient (Wildman–Crippen LogP) is 0.601. The zero-order chi connectivity index (χ0) is 9.68. The smallest absolute Gasteiger partial charge is 0.244 e. The van der Waals surface area contributed by atoms with Gasteiger partial charge in [-0.15, -0.1) is 11.5 Å². The second-order valence-electron chi connectivity index (χ2n) is 2.70. The van der Waals surface area contributed by atoms with Crippen LogP contribution in [0, 0.1) is 12.3 Å². The second-order valence-corrected chi connectivity index (χ2v) is 2.70. The standard InChI is InChI=1S/C8H13N5/c1-3-5-6(4-2)10-8-11-7(9)12-13-8/h2,6H,3,5H2,1H3,(H4,9,10,11,12,13). The van der Waals surface area contributed by atoms with Gasteiger partial charge in [0, 0.05) is 0 Å². The number of rotatable bonds is 4. The molecule has 0 saturated heterocycles. The van der Waals surface area contributed by atoms with Crippen LogP contribution in [0.3, 0.4) is 0 Å². The van der Waals surface area contributed by atoms with Crippen molar-refractivity contribution in [1.82, 2.24) is 15.2 Å². The third-order valence-electron chi connectivity index (χ3n) is 1.58. The zero-order valence-corrected chi connectivity index (χ0v) is 7.54. The summed E-state index contributed by atoms with van der Waals surface area (Å²) >= 11 is 0. The van der Waals surface area contributed by atoms with Gasteiger partial charge in [0.05, 0.1) is 6.04 Å². The van der Waals surface area contributed by atoms with E-state index in [1.165, 1.54) is 0 Å². The number of aromatic amines is 1. The Balaban J connectivity index is 2.52. The number of hydrogen-bond acceptors (Lipinski definition) is 4. The lowest BCUT2D eigenvalue weighted by molar-refractivity contribution is 0.749. The number of nitrogens with zero attached hydrogens (tertiary/aromatic N) is 2. The maximum absolute atomic E-state index is 5.35. The minimum atomic E-state index is -0.0276. The first-order chi connectivity index (χ1) is 6.26. The van der Waals surface area contributed by atoms with Gasteiger partial charge in [-0.1, -0.05) is 19.3 Å². The van der Waals surface area contributed by atoms with E-state index in [-0.39, 0.29) is 12.0 Å². The van der Waals surface area contributed by atoms with Gasteiger partial charge in [-0.3, -0.25) is 0 Å². The van der Waals surface area contributed by atoms with E-state index in [0.29, 0.717) is 5.95 Å². The fourth-order valence-corrected chi connectivity index (χ4v) is 0.981. The van der Waals surface area contributed by atoms with Crippen LogP contribution in [-0.2, 0) is 0 Å². The first kappa shape index (κ1) is 9.39. The first-order valence-electron chi connectivity index (χ1n) is 4.16. The van der Waals surface area contributed by atoms with Crippen LogP contribution in [0.5, 0.6) is 0 Å². The summed E-state index contributed by atoms with van der Waals surface area (Å²) in [6.45, 7) is 2.07. The van der Waals surface area contributed by atoms with E-state index < -0.39 is 0 Å². The summed E-state index contributed by atoms with van der Waals surface area (Å²) in [7, 11) is 0. The average Bonchev–Trinajstić information content (AvgIpc) is 2.50. The van der Waals surface area contributed by atoms with Crippen LogP contribution in [0.1, 0.15) is 19.8 Å². The van der Waals surface area contributed by atoms with Crippen molar-refractivity contribution in [3.63, 3.8) is 0 Å². The highest BCUT2D eigenvalue weighted by Gasteiger charge is 2.06. The van der Waals surface area contributed by atoms with Crippen LogP contribution >= 0.6 is 0 Å². The Bertz CT molecular complexity index is 298. The Morgan fingerprint density at radius 2 is 2.54 bits per heavy atom. The van der Waals surface area contributed by atoms with Gasteiger partial charge < -0.3 is 11.1 Å². The molecule has 0 radical (unpaired) electrons. The quantitative estimate of drug-likeness (QED) is 0.591. The maximum atomic E-state index is 5.35. The summed E-state index contributed by atoms with van der Waals surface area (Å²) in [6.07, 6.45) is 7.21. The van der Waals surface area contributed by atoms with Crippen molar-refractivity contribution < 1.29 is 0 Å². The number of nitrogens with one attached hydrogen (secondary N) is 2. The fourth-order valence-electron chi connectivity index (χ4n) is 0.981. The Labute approximate surface area is 77.1 Å². The molecule has 1 rings (SSSR count). The highest BCUT2D eigenvalue weighted by molar-refractivity contribution is 5.33. The molecule has 0 fully saturated rings. The number of nitrogens with two attached hydrogens (primary N) is 1. The highest BCUT2D eigenvalue weighted by atomic mass is 15.3. The molecular formula is C8H13N5. The molecule has 1 heterocycles. The number of aromatic nitrogens is 3. The Kier molecular flexibility index (Phi) is 3.15. The van der Waals surface area contributed by atoms with E-state index in [1.54, 1.807) is 0 Å². The van der Waals surface area contributed by atoms with Crippen LogP contribution in [0.15, 0.2) is 0 Å². The van der Waals surface area contributed by atoms with Gasteiger partial charge in [-0.25, -0.2) is 5.10 Å². The van der Waals surface area contributed by atoms with Crippen LogP contribution in [0.2, 0.25) is 0 Å². The van der Waals surface area contributed by atoms with Crippen LogP contribution in [-0.4, -0.2) is 21.2 Å². The molecule has 0 aliphatic carbocycles. The van der Waals surface area contributed by atoms with Gasteiger partial charge in [0.15, 0.2) is 0 Å². The average molecular weight is 179 g/mol. The molecule has 0 aliphatic heterocycles.